The maximum absolute atomic E-state index is 12.8. The van der Waals surface area contributed by atoms with Crippen LogP contribution < -0.4 is 0 Å². The molecule has 3 rings (SSSR count). The number of ether oxygens (including phenoxy) is 1. The molecular weight excluding hydrogens is 338 g/mol. The Labute approximate surface area is 152 Å². The van der Waals surface area contributed by atoms with Crippen molar-refractivity contribution in [2.45, 2.75) is 19.8 Å². The van der Waals surface area contributed by atoms with Gasteiger partial charge in [0.15, 0.2) is 0 Å². The van der Waals surface area contributed by atoms with Gasteiger partial charge in [-0.25, -0.2) is 4.79 Å². The second-order valence-electron chi connectivity index (χ2n) is 6.61. The normalized spacial score (nSPS) is 20.8. The van der Waals surface area contributed by atoms with Crippen LogP contribution in [0.3, 0.4) is 0 Å². The molecule has 8 heteroatoms. The molecule has 142 valence electrons. The Morgan fingerprint density at radius 3 is 2.50 bits per heavy atom. The van der Waals surface area contributed by atoms with Crippen LogP contribution in [0.5, 0.6) is 0 Å². The lowest BCUT2D eigenvalue weighted by Gasteiger charge is -2.38. The van der Waals surface area contributed by atoms with E-state index in [0.717, 1.165) is 12.8 Å². The van der Waals surface area contributed by atoms with Crippen molar-refractivity contribution in [1.82, 2.24) is 14.7 Å². The van der Waals surface area contributed by atoms with Gasteiger partial charge in [0.1, 0.15) is 6.26 Å². The van der Waals surface area contributed by atoms with E-state index in [0.29, 0.717) is 51.4 Å². The van der Waals surface area contributed by atoms with Gasteiger partial charge in [0.25, 0.3) is 5.91 Å². The second-order valence-corrected chi connectivity index (χ2v) is 6.61. The highest BCUT2D eigenvalue weighted by Crippen LogP contribution is 2.21. The Hall–Kier alpha value is -2.51. The van der Waals surface area contributed by atoms with Crippen molar-refractivity contribution in [1.29, 1.82) is 0 Å². The third-order valence-electron chi connectivity index (χ3n) is 4.94. The summed E-state index contributed by atoms with van der Waals surface area (Å²) in [6.07, 6.45) is 4.18. The first-order chi connectivity index (χ1) is 12.6. The fraction of sp³-hybridized carbons (Fsp3) is 0.611. The van der Waals surface area contributed by atoms with Crippen LogP contribution in [-0.4, -0.2) is 78.5 Å². The Kier molecular flexibility index (Phi) is 5.80. The van der Waals surface area contributed by atoms with Crippen LogP contribution >= 0.6 is 0 Å². The van der Waals surface area contributed by atoms with E-state index >= 15 is 0 Å². The number of rotatable bonds is 3. The summed E-state index contributed by atoms with van der Waals surface area (Å²) in [6, 6.07) is 1.64. The Bertz CT molecular complexity index is 637. The van der Waals surface area contributed by atoms with Crippen LogP contribution in [0.2, 0.25) is 0 Å². The maximum Gasteiger partial charge on any atom is 0.409 e. The molecule has 0 aliphatic carbocycles. The zero-order valence-electron chi connectivity index (χ0n) is 15.1. The predicted molar refractivity (Wildman–Crippen MR) is 92.5 cm³/mol. The van der Waals surface area contributed by atoms with Crippen LogP contribution in [0, 0.1) is 5.92 Å². The minimum Gasteiger partial charge on any atom is -0.472 e. The highest BCUT2D eigenvalue weighted by molar-refractivity contribution is 5.94. The molecule has 0 spiro atoms. The number of likely N-dealkylation sites (tertiary alicyclic amines) is 1. The molecular formula is C18H25N3O5. The average molecular weight is 363 g/mol. The molecule has 8 nitrogen and oxygen atoms in total. The highest BCUT2D eigenvalue weighted by Gasteiger charge is 2.33. The van der Waals surface area contributed by atoms with Gasteiger partial charge in [-0.1, -0.05) is 0 Å². The predicted octanol–water partition coefficient (Wildman–Crippen LogP) is 1.43. The summed E-state index contributed by atoms with van der Waals surface area (Å²) in [5.41, 5.74) is 0.515. The maximum atomic E-state index is 12.8. The summed E-state index contributed by atoms with van der Waals surface area (Å²) in [7, 11) is 0. The number of hydrogen-bond acceptors (Lipinski definition) is 5. The number of carbonyl (C=O) groups excluding carboxylic acids is 3. The van der Waals surface area contributed by atoms with Crippen molar-refractivity contribution >= 4 is 17.9 Å². The topological polar surface area (TPSA) is 83.3 Å². The third-order valence-corrected chi connectivity index (χ3v) is 4.94. The fourth-order valence-electron chi connectivity index (χ4n) is 3.51. The molecule has 0 unspecified atom stereocenters. The van der Waals surface area contributed by atoms with E-state index in [9.17, 15) is 14.4 Å². The van der Waals surface area contributed by atoms with Gasteiger partial charge in [-0.2, -0.15) is 0 Å². The average Bonchev–Trinajstić information content (AvgIpc) is 3.22. The van der Waals surface area contributed by atoms with Gasteiger partial charge in [-0.3, -0.25) is 9.59 Å². The van der Waals surface area contributed by atoms with E-state index < -0.39 is 0 Å². The van der Waals surface area contributed by atoms with Crippen LogP contribution in [0.15, 0.2) is 23.0 Å². The molecule has 2 saturated heterocycles. The van der Waals surface area contributed by atoms with Crippen LogP contribution in [0.4, 0.5) is 4.79 Å². The van der Waals surface area contributed by atoms with Crippen LogP contribution in [-0.2, 0) is 9.53 Å². The van der Waals surface area contributed by atoms with Crippen molar-refractivity contribution in [3.8, 4) is 0 Å². The van der Waals surface area contributed by atoms with E-state index in [1.165, 1.54) is 12.5 Å². The minimum atomic E-state index is -0.325. The van der Waals surface area contributed by atoms with Crippen molar-refractivity contribution in [3.05, 3.63) is 24.2 Å². The Morgan fingerprint density at radius 2 is 1.85 bits per heavy atom. The van der Waals surface area contributed by atoms with Crippen LogP contribution in [0.25, 0.3) is 0 Å². The Balaban J connectivity index is 1.53. The smallest absolute Gasteiger partial charge is 0.409 e. The molecule has 0 radical (unpaired) electrons. The van der Waals surface area contributed by atoms with Gasteiger partial charge >= 0.3 is 6.09 Å². The van der Waals surface area contributed by atoms with Crippen LogP contribution in [0.1, 0.15) is 30.1 Å². The zero-order valence-corrected chi connectivity index (χ0v) is 15.1. The molecule has 26 heavy (non-hydrogen) atoms. The highest BCUT2D eigenvalue weighted by atomic mass is 16.6. The van der Waals surface area contributed by atoms with Gasteiger partial charge < -0.3 is 23.9 Å². The number of carbonyl (C=O) groups is 3. The molecule has 0 bridgehead atoms. The van der Waals surface area contributed by atoms with Gasteiger partial charge in [0, 0.05) is 39.3 Å². The fourth-order valence-corrected chi connectivity index (χ4v) is 3.51. The van der Waals surface area contributed by atoms with Crippen molar-refractivity contribution < 1.29 is 23.5 Å². The largest absolute Gasteiger partial charge is 0.472 e. The number of furan rings is 1. The van der Waals surface area contributed by atoms with Crippen molar-refractivity contribution in [2.75, 3.05) is 45.9 Å². The summed E-state index contributed by atoms with van der Waals surface area (Å²) in [5.74, 6) is -0.213. The number of hydrogen-bond donors (Lipinski definition) is 0. The summed E-state index contributed by atoms with van der Waals surface area (Å²) < 4.78 is 9.98. The summed E-state index contributed by atoms with van der Waals surface area (Å²) >= 11 is 0. The van der Waals surface area contributed by atoms with E-state index in [2.05, 4.69) is 0 Å². The quantitative estimate of drug-likeness (QED) is 0.811. The summed E-state index contributed by atoms with van der Waals surface area (Å²) in [5, 5.41) is 0. The lowest BCUT2D eigenvalue weighted by Crippen LogP contribution is -2.54. The van der Waals surface area contributed by atoms with Gasteiger partial charge in [-0.15, -0.1) is 0 Å². The van der Waals surface area contributed by atoms with Crippen molar-refractivity contribution in [3.63, 3.8) is 0 Å². The van der Waals surface area contributed by atoms with E-state index in [-0.39, 0.29) is 23.8 Å². The lowest BCUT2D eigenvalue weighted by atomic mass is 9.95. The third kappa shape index (κ3) is 4.00. The standard InChI is InChI=1S/C18H25N3O5/c1-2-26-18(24)20-9-7-19(8-10-20)16(22)14-4-3-6-21(12-14)17(23)15-5-11-25-13-15/h5,11,13-14H,2-4,6-10,12H2,1H3/t14-/m1/s1. The second kappa shape index (κ2) is 8.25. The lowest BCUT2D eigenvalue weighted by molar-refractivity contribution is -0.138. The molecule has 1 aromatic heterocycles. The monoisotopic (exact) mass is 363 g/mol. The van der Waals surface area contributed by atoms with E-state index in [1.54, 1.807) is 27.7 Å². The first-order valence-electron chi connectivity index (χ1n) is 9.12. The molecule has 0 aromatic carbocycles. The van der Waals surface area contributed by atoms with Gasteiger partial charge in [-0.05, 0) is 25.8 Å². The van der Waals surface area contributed by atoms with E-state index in [1.807, 2.05) is 0 Å². The zero-order chi connectivity index (χ0) is 18.5. The first-order valence-corrected chi connectivity index (χ1v) is 9.12. The first kappa shape index (κ1) is 18.3. The summed E-state index contributed by atoms with van der Waals surface area (Å²) in [4.78, 5) is 42.2. The molecule has 2 aliphatic heterocycles. The molecule has 1 atom stereocenters. The SMILES string of the molecule is CCOC(=O)N1CCN(C(=O)[C@@H]2CCCN(C(=O)c3ccoc3)C2)CC1. The molecule has 3 heterocycles. The summed E-state index contributed by atoms with van der Waals surface area (Å²) in [6.45, 7) is 5.18. The molecule has 0 saturated carbocycles. The number of nitrogens with zero attached hydrogens (tertiary/aromatic N) is 3. The van der Waals surface area contributed by atoms with Gasteiger partial charge in [0.05, 0.1) is 24.4 Å². The van der Waals surface area contributed by atoms with E-state index in [4.69, 9.17) is 9.15 Å². The van der Waals surface area contributed by atoms with Crippen molar-refractivity contribution in [2.24, 2.45) is 5.92 Å². The number of piperidine rings is 1. The minimum absolute atomic E-state index is 0.0678. The number of amides is 3. The molecule has 2 fully saturated rings. The molecule has 2 aliphatic rings. The molecule has 1 aromatic rings. The molecule has 3 amide bonds. The van der Waals surface area contributed by atoms with Gasteiger partial charge in [0.2, 0.25) is 5.91 Å². The number of piperazine rings is 1. The molecule has 0 N–H and O–H groups in total. The Morgan fingerprint density at radius 1 is 1.12 bits per heavy atom.